The zero-order valence-electron chi connectivity index (χ0n) is 16.6. The summed E-state index contributed by atoms with van der Waals surface area (Å²) >= 11 is 0. The van der Waals surface area contributed by atoms with Crippen LogP contribution in [0, 0.1) is 0 Å². The number of ketones is 1. The van der Waals surface area contributed by atoms with Gasteiger partial charge in [0.2, 0.25) is 0 Å². The van der Waals surface area contributed by atoms with Crippen LogP contribution in [0.3, 0.4) is 0 Å². The molecule has 0 aliphatic heterocycles. The predicted octanol–water partition coefficient (Wildman–Crippen LogP) is 6.01. The van der Waals surface area contributed by atoms with Gasteiger partial charge in [0.05, 0.1) is 5.66 Å². The van der Waals surface area contributed by atoms with E-state index >= 15 is 0 Å². The molecule has 0 spiro atoms. The molecule has 3 heteroatoms. The van der Waals surface area contributed by atoms with Gasteiger partial charge in [-0.25, -0.2) is 0 Å². The zero-order valence-corrected chi connectivity index (χ0v) is 17.5. The maximum Gasteiger partial charge on any atom is 0.163 e. The molecule has 30 heavy (non-hydrogen) atoms. The van der Waals surface area contributed by atoms with Crippen LogP contribution >= 0.6 is 7.14 Å². The molecule has 0 aliphatic carbocycles. The number of Topliss-reactive ketones (excluding diaryl/α,β-unsaturated/α-hetero) is 1. The molecular weight excluding hydrogens is 387 g/mol. The highest BCUT2D eigenvalue weighted by Crippen LogP contribution is 2.59. The van der Waals surface area contributed by atoms with Crippen molar-refractivity contribution in [3.05, 3.63) is 132 Å². The van der Waals surface area contributed by atoms with Gasteiger partial charge < -0.3 is 4.57 Å². The second kappa shape index (κ2) is 9.07. The van der Waals surface area contributed by atoms with Gasteiger partial charge in [-0.15, -0.1) is 0 Å². The molecule has 0 bridgehead atoms. The van der Waals surface area contributed by atoms with Gasteiger partial charge in [0, 0.05) is 22.6 Å². The molecule has 4 aromatic carbocycles. The van der Waals surface area contributed by atoms with Crippen LogP contribution in [0.25, 0.3) is 0 Å². The van der Waals surface area contributed by atoms with Gasteiger partial charge in [0.25, 0.3) is 0 Å². The van der Waals surface area contributed by atoms with Crippen LogP contribution in [0.2, 0.25) is 0 Å². The Morgan fingerprint density at radius 3 is 1.47 bits per heavy atom. The number of carbonyl (C=O) groups excluding carboxylic acids is 1. The minimum Gasteiger partial charge on any atom is -0.313 e. The van der Waals surface area contributed by atoms with Gasteiger partial charge in [-0.05, 0) is 5.56 Å². The zero-order chi connectivity index (χ0) is 20.8. The van der Waals surface area contributed by atoms with E-state index in [0.717, 1.165) is 16.2 Å². The highest BCUT2D eigenvalue weighted by molar-refractivity contribution is 7.79. The Morgan fingerprint density at radius 1 is 0.600 bits per heavy atom. The predicted molar refractivity (Wildman–Crippen MR) is 124 cm³/mol. The average Bonchev–Trinajstić information content (AvgIpc) is 2.84. The molecule has 4 rings (SSSR count). The van der Waals surface area contributed by atoms with E-state index < -0.39 is 12.8 Å². The second-order valence-corrected chi connectivity index (χ2v) is 10.2. The van der Waals surface area contributed by atoms with Gasteiger partial charge >= 0.3 is 0 Å². The Bertz CT molecular complexity index is 1100. The van der Waals surface area contributed by atoms with E-state index in [1.54, 1.807) is 0 Å². The van der Waals surface area contributed by atoms with E-state index in [1.807, 2.05) is 121 Å². The van der Waals surface area contributed by atoms with Crippen LogP contribution in [0.15, 0.2) is 121 Å². The lowest BCUT2D eigenvalue weighted by molar-refractivity contribution is 0.0981. The van der Waals surface area contributed by atoms with Gasteiger partial charge in [0.1, 0.15) is 0 Å². The third kappa shape index (κ3) is 4.06. The molecule has 0 fully saturated rings. The summed E-state index contributed by atoms with van der Waals surface area (Å²) in [6, 6.07) is 38.2. The standard InChI is InChI=1S/C27H23O2P/c28-26(22-13-5-1-6-14-22)21-27(23-15-7-2-8-16-23)30(29,24-17-9-3-10-18-24)25-19-11-4-12-20-25/h1-20,27H,21H2/t27-/m1/s1. The minimum absolute atomic E-state index is 0.00320. The molecule has 0 aromatic heterocycles. The third-order valence-electron chi connectivity index (χ3n) is 5.38. The molecule has 1 atom stereocenters. The molecule has 0 N–H and O–H groups in total. The second-order valence-electron chi connectivity index (χ2n) is 7.25. The van der Waals surface area contributed by atoms with E-state index in [1.165, 1.54) is 0 Å². The van der Waals surface area contributed by atoms with E-state index in [2.05, 4.69) is 0 Å². The Morgan fingerprint density at radius 2 is 1.00 bits per heavy atom. The van der Waals surface area contributed by atoms with Crippen molar-refractivity contribution < 1.29 is 9.36 Å². The molecule has 0 unspecified atom stereocenters. The summed E-state index contributed by atoms with van der Waals surface area (Å²) < 4.78 is 14.9. The molecular formula is C27H23O2P. The first kappa shape index (κ1) is 20.1. The summed E-state index contributed by atoms with van der Waals surface area (Å²) in [6.07, 6.45) is 0.176. The van der Waals surface area contributed by atoms with E-state index in [0.29, 0.717) is 5.56 Å². The summed E-state index contributed by atoms with van der Waals surface area (Å²) in [5, 5.41) is 1.54. The first-order chi connectivity index (χ1) is 14.7. The van der Waals surface area contributed by atoms with Gasteiger partial charge in [-0.2, -0.15) is 0 Å². The van der Waals surface area contributed by atoms with Crippen molar-refractivity contribution in [2.45, 2.75) is 12.1 Å². The lowest BCUT2D eigenvalue weighted by Crippen LogP contribution is -2.23. The number of rotatable bonds is 7. The van der Waals surface area contributed by atoms with Crippen molar-refractivity contribution in [3.8, 4) is 0 Å². The molecule has 0 saturated carbocycles. The number of hydrogen-bond acceptors (Lipinski definition) is 2. The fourth-order valence-electron chi connectivity index (χ4n) is 3.86. The maximum absolute atomic E-state index is 14.9. The van der Waals surface area contributed by atoms with E-state index in [9.17, 15) is 9.36 Å². The lowest BCUT2D eigenvalue weighted by Gasteiger charge is -2.29. The molecule has 4 aromatic rings. The first-order valence-corrected chi connectivity index (χ1v) is 11.8. The fraction of sp³-hybridized carbons (Fsp3) is 0.0741. The first-order valence-electron chi connectivity index (χ1n) is 10.0. The van der Waals surface area contributed by atoms with Gasteiger partial charge in [-0.3, -0.25) is 4.79 Å². The van der Waals surface area contributed by atoms with Crippen molar-refractivity contribution in [3.63, 3.8) is 0 Å². The highest BCUT2D eigenvalue weighted by atomic mass is 31.2. The Balaban J connectivity index is 1.88. The Kier molecular flexibility index (Phi) is 6.07. The summed E-state index contributed by atoms with van der Waals surface area (Å²) in [5.41, 5.74) is 1.11. The molecule has 0 saturated heterocycles. The van der Waals surface area contributed by atoms with Crippen LogP contribution < -0.4 is 10.6 Å². The molecule has 0 amide bonds. The number of hydrogen-bond donors (Lipinski definition) is 0. The smallest absolute Gasteiger partial charge is 0.163 e. The third-order valence-corrected chi connectivity index (χ3v) is 8.87. The SMILES string of the molecule is O=C(C[C@H](c1ccccc1)P(=O)(c1ccccc1)c1ccccc1)c1ccccc1. The van der Waals surface area contributed by atoms with Crippen molar-refractivity contribution in [2.24, 2.45) is 0 Å². The van der Waals surface area contributed by atoms with E-state index in [4.69, 9.17) is 0 Å². The Labute approximate surface area is 177 Å². The molecule has 0 radical (unpaired) electrons. The number of benzene rings is 4. The van der Waals surface area contributed by atoms with Gasteiger partial charge in [0.15, 0.2) is 12.9 Å². The van der Waals surface area contributed by atoms with Crippen LogP contribution in [0.5, 0.6) is 0 Å². The summed E-state index contributed by atoms with van der Waals surface area (Å²) in [6.45, 7) is 0. The van der Waals surface area contributed by atoms with Gasteiger partial charge in [-0.1, -0.05) is 121 Å². The Hall–Kier alpha value is -3.22. The lowest BCUT2D eigenvalue weighted by atomic mass is 10.0. The quantitative estimate of drug-likeness (QED) is 0.276. The van der Waals surface area contributed by atoms with Crippen molar-refractivity contribution in [2.75, 3.05) is 0 Å². The topological polar surface area (TPSA) is 34.1 Å². The van der Waals surface area contributed by atoms with Crippen LogP contribution in [-0.2, 0) is 4.57 Å². The highest BCUT2D eigenvalue weighted by Gasteiger charge is 2.39. The fourth-order valence-corrected chi connectivity index (χ4v) is 7.12. The van der Waals surface area contributed by atoms with Crippen molar-refractivity contribution >= 4 is 23.5 Å². The minimum atomic E-state index is -3.15. The van der Waals surface area contributed by atoms with Crippen LogP contribution in [0.1, 0.15) is 28.0 Å². The number of carbonyl (C=O) groups is 1. The summed E-state index contributed by atoms with van der Waals surface area (Å²) in [7, 11) is -3.15. The van der Waals surface area contributed by atoms with Crippen LogP contribution in [-0.4, -0.2) is 5.78 Å². The monoisotopic (exact) mass is 410 g/mol. The summed E-state index contributed by atoms with van der Waals surface area (Å²) in [5.74, 6) is -0.00320. The maximum atomic E-state index is 14.9. The molecule has 148 valence electrons. The largest absolute Gasteiger partial charge is 0.313 e. The summed E-state index contributed by atoms with van der Waals surface area (Å²) in [4.78, 5) is 13.2. The molecule has 0 heterocycles. The van der Waals surface area contributed by atoms with Crippen molar-refractivity contribution in [1.82, 2.24) is 0 Å². The molecule has 2 nitrogen and oxygen atoms in total. The average molecular weight is 410 g/mol. The molecule has 0 aliphatic rings. The van der Waals surface area contributed by atoms with Crippen molar-refractivity contribution in [1.29, 1.82) is 0 Å². The van der Waals surface area contributed by atoms with Crippen LogP contribution in [0.4, 0.5) is 0 Å². The van der Waals surface area contributed by atoms with E-state index in [-0.39, 0.29) is 12.2 Å². The normalized spacial score (nSPS) is 12.3.